The molecule has 7 nitrogen and oxygen atoms in total. The van der Waals surface area contributed by atoms with Gasteiger partial charge in [0.05, 0.1) is 32.0 Å². The van der Waals surface area contributed by atoms with E-state index in [1.165, 1.54) is 13.2 Å². The number of aliphatic carboxylic acids is 1. The highest BCUT2D eigenvalue weighted by Crippen LogP contribution is 2.27. The van der Waals surface area contributed by atoms with Crippen LogP contribution < -0.4 is 10.1 Å². The number of carboxylic acids is 1. The van der Waals surface area contributed by atoms with Crippen LogP contribution in [-0.2, 0) is 19.1 Å². The minimum absolute atomic E-state index is 0.0530. The maximum absolute atomic E-state index is 11.8. The number of hydrogen-bond donors (Lipinski definition) is 2. The monoisotopic (exact) mass is 345 g/mol. The number of amides is 1. The summed E-state index contributed by atoms with van der Waals surface area (Å²) in [6, 6.07) is 3.35. The van der Waals surface area contributed by atoms with Gasteiger partial charge >= 0.3 is 5.97 Å². The summed E-state index contributed by atoms with van der Waals surface area (Å²) in [6.45, 7) is 0.995. The zero-order valence-corrected chi connectivity index (χ0v) is 13.8. The Hall–Kier alpha value is -1.83. The number of nitrogens with one attached hydrogen (secondary N) is 1. The van der Waals surface area contributed by atoms with E-state index < -0.39 is 17.9 Å². The SMILES string of the molecule is COCCOCCC(=O)NC(C(=O)O)c1ccc(OC)c(Cl)c1. The lowest BCUT2D eigenvalue weighted by atomic mass is 10.1. The average molecular weight is 346 g/mol. The van der Waals surface area contributed by atoms with Crippen LogP contribution in [0, 0.1) is 0 Å². The molecular weight excluding hydrogens is 326 g/mol. The molecule has 0 spiro atoms. The smallest absolute Gasteiger partial charge is 0.330 e. The number of ether oxygens (including phenoxy) is 3. The predicted molar refractivity (Wildman–Crippen MR) is 83.8 cm³/mol. The van der Waals surface area contributed by atoms with Gasteiger partial charge in [0, 0.05) is 13.5 Å². The van der Waals surface area contributed by atoms with Gasteiger partial charge in [0.2, 0.25) is 5.91 Å². The normalized spacial score (nSPS) is 11.8. The number of hydrogen-bond acceptors (Lipinski definition) is 5. The molecule has 0 aliphatic carbocycles. The Morgan fingerprint density at radius 3 is 2.57 bits per heavy atom. The van der Waals surface area contributed by atoms with Crippen molar-refractivity contribution in [2.45, 2.75) is 12.5 Å². The average Bonchev–Trinajstić information content (AvgIpc) is 2.52. The highest BCUT2D eigenvalue weighted by atomic mass is 35.5. The number of carboxylic acid groups (broad SMARTS) is 1. The van der Waals surface area contributed by atoms with E-state index in [2.05, 4.69) is 5.32 Å². The molecule has 1 atom stereocenters. The quantitative estimate of drug-likeness (QED) is 0.626. The molecule has 1 aromatic carbocycles. The Morgan fingerprint density at radius 2 is 2.00 bits per heavy atom. The maximum atomic E-state index is 11.8. The second-order valence-corrected chi connectivity index (χ2v) is 5.00. The van der Waals surface area contributed by atoms with E-state index in [-0.39, 0.29) is 18.1 Å². The van der Waals surface area contributed by atoms with E-state index in [4.69, 9.17) is 25.8 Å². The van der Waals surface area contributed by atoms with Crippen LogP contribution in [0.15, 0.2) is 18.2 Å². The molecule has 0 aliphatic heterocycles. The zero-order valence-electron chi connectivity index (χ0n) is 13.0. The van der Waals surface area contributed by atoms with Crippen molar-refractivity contribution >= 4 is 23.5 Å². The molecule has 2 N–H and O–H groups in total. The van der Waals surface area contributed by atoms with Gasteiger partial charge < -0.3 is 24.6 Å². The molecule has 23 heavy (non-hydrogen) atoms. The third-order valence-electron chi connectivity index (χ3n) is 2.97. The van der Waals surface area contributed by atoms with Crippen molar-refractivity contribution in [3.8, 4) is 5.75 Å². The van der Waals surface area contributed by atoms with E-state index in [1.54, 1.807) is 19.2 Å². The summed E-state index contributed by atoms with van der Waals surface area (Å²) in [4.78, 5) is 23.2. The molecule has 0 bridgehead atoms. The van der Waals surface area contributed by atoms with Gasteiger partial charge in [-0.25, -0.2) is 4.79 Å². The van der Waals surface area contributed by atoms with Crippen LogP contribution in [0.2, 0.25) is 5.02 Å². The molecule has 0 saturated heterocycles. The van der Waals surface area contributed by atoms with Gasteiger partial charge in [-0.3, -0.25) is 4.79 Å². The Morgan fingerprint density at radius 1 is 1.26 bits per heavy atom. The molecule has 1 rings (SSSR count). The number of halogens is 1. The van der Waals surface area contributed by atoms with Crippen LogP contribution in [0.25, 0.3) is 0 Å². The summed E-state index contributed by atoms with van der Waals surface area (Å²) in [6.07, 6.45) is 0.0530. The van der Waals surface area contributed by atoms with Crippen molar-refractivity contribution in [3.63, 3.8) is 0 Å². The largest absolute Gasteiger partial charge is 0.495 e. The van der Waals surface area contributed by atoms with Crippen molar-refractivity contribution in [2.24, 2.45) is 0 Å². The molecule has 0 heterocycles. The zero-order chi connectivity index (χ0) is 17.2. The van der Waals surface area contributed by atoms with Gasteiger partial charge in [-0.2, -0.15) is 0 Å². The lowest BCUT2D eigenvalue weighted by Gasteiger charge is -2.16. The fraction of sp³-hybridized carbons (Fsp3) is 0.467. The van der Waals surface area contributed by atoms with E-state index in [1.807, 2.05) is 0 Å². The van der Waals surface area contributed by atoms with Crippen LogP contribution >= 0.6 is 11.6 Å². The van der Waals surface area contributed by atoms with Gasteiger partial charge in [-0.05, 0) is 17.7 Å². The van der Waals surface area contributed by atoms with Crippen molar-refractivity contribution in [1.29, 1.82) is 0 Å². The van der Waals surface area contributed by atoms with Crippen molar-refractivity contribution in [3.05, 3.63) is 28.8 Å². The lowest BCUT2D eigenvalue weighted by molar-refractivity contribution is -0.142. The number of rotatable bonds is 10. The molecule has 1 amide bonds. The molecule has 128 valence electrons. The predicted octanol–water partition coefficient (Wildman–Crippen LogP) is 1.64. The molecule has 0 aliphatic rings. The topological polar surface area (TPSA) is 94.1 Å². The number of carbonyl (C=O) groups excluding carboxylic acids is 1. The fourth-order valence-electron chi connectivity index (χ4n) is 1.79. The summed E-state index contributed by atoms with van der Waals surface area (Å²) < 4.78 is 15.0. The summed E-state index contributed by atoms with van der Waals surface area (Å²) in [7, 11) is 3.01. The van der Waals surface area contributed by atoms with Crippen LogP contribution in [0.3, 0.4) is 0 Å². The highest BCUT2D eigenvalue weighted by molar-refractivity contribution is 6.32. The summed E-state index contributed by atoms with van der Waals surface area (Å²) >= 11 is 5.98. The lowest BCUT2D eigenvalue weighted by Crippen LogP contribution is -2.34. The second-order valence-electron chi connectivity index (χ2n) is 4.59. The highest BCUT2D eigenvalue weighted by Gasteiger charge is 2.22. The first-order chi connectivity index (χ1) is 11.0. The number of methoxy groups -OCH3 is 2. The molecule has 0 radical (unpaired) electrons. The van der Waals surface area contributed by atoms with Crippen LogP contribution in [-0.4, -0.2) is 51.0 Å². The molecular formula is C15H20ClNO6. The Kier molecular flexibility index (Phi) is 8.39. The summed E-state index contributed by atoms with van der Waals surface area (Å²) in [5.41, 5.74) is 0.358. The molecule has 0 fully saturated rings. The van der Waals surface area contributed by atoms with Gasteiger partial charge in [0.1, 0.15) is 5.75 Å². The Balaban J connectivity index is 2.63. The van der Waals surface area contributed by atoms with E-state index in [0.29, 0.717) is 24.5 Å². The van der Waals surface area contributed by atoms with Gasteiger partial charge in [0.15, 0.2) is 6.04 Å². The van der Waals surface area contributed by atoms with Gasteiger partial charge in [-0.15, -0.1) is 0 Å². The van der Waals surface area contributed by atoms with Crippen molar-refractivity contribution in [2.75, 3.05) is 34.0 Å². The van der Waals surface area contributed by atoms with Crippen LogP contribution in [0.1, 0.15) is 18.0 Å². The molecule has 1 aromatic rings. The third-order valence-corrected chi connectivity index (χ3v) is 3.26. The standard InChI is InChI=1S/C15H20ClNO6/c1-21-7-8-23-6-5-13(18)17-14(15(19)20)10-3-4-12(22-2)11(16)9-10/h3-4,9,14H,5-8H2,1-2H3,(H,17,18)(H,19,20). The molecule has 0 saturated carbocycles. The van der Waals surface area contributed by atoms with Gasteiger partial charge in [-0.1, -0.05) is 17.7 Å². The Labute approximate surface area is 139 Å². The first kappa shape index (κ1) is 19.2. The number of carbonyl (C=O) groups is 2. The maximum Gasteiger partial charge on any atom is 0.330 e. The molecule has 1 unspecified atom stereocenters. The first-order valence-corrected chi connectivity index (χ1v) is 7.29. The summed E-state index contributed by atoms with van der Waals surface area (Å²) in [5, 5.41) is 12.0. The third kappa shape index (κ3) is 6.43. The van der Waals surface area contributed by atoms with E-state index in [9.17, 15) is 14.7 Å². The van der Waals surface area contributed by atoms with Crippen molar-refractivity contribution in [1.82, 2.24) is 5.32 Å². The number of benzene rings is 1. The molecule has 0 aromatic heterocycles. The summed E-state index contributed by atoms with van der Waals surface area (Å²) in [5.74, 6) is -1.18. The minimum atomic E-state index is -1.19. The van der Waals surface area contributed by atoms with Crippen LogP contribution in [0.5, 0.6) is 5.75 Å². The minimum Gasteiger partial charge on any atom is -0.495 e. The van der Waals surface area contributed by atoms with Crippen molar-refractivity contribution < 1.29 is 28.9 Å². The Bertz CT molecular complexity index is 537. The molecule has 8 heteroatoms. The first-order valence-electron chi connectivity index (χ1n) is 6.92. The van der Waals surface area contributed by atoms with Gasteiger partial charge in [0.25, 0.3) is 0 Å². The fourth-order valence-corrected chi connectivity index (χ4v) is 2.06. The van der Waals surface area contributed by atoms with E-state index >= 15 is 0 Å². The van der Waals surface area contributed by atoms with Crippen LogP contribution in [0.4, 0.5) is 0 Å². The van der Waals surface area contributed by atoms with E-state index in [0.717, 1.165) is 0 Å². The second kappa shape index (κ2) is 10.0.